The van der Waals surface area contributed by atoms with E-state index in [-0.39, 0.29) is 11.9 Å². The van der Waals surface area contributed by atoms with Gasteiger partial charge in [-0.2, -0.15) is 0 Å². The van der Waals surface area contributed by atoms with Crippen LogP contribution in [-0.2, 0) is 11.3 Å². The lowest BCUT2D eigenvalue weighted by molar-refractivity contribution is -0.124. The van der Waals surface area contributed by atoms with E-state index in [0.29, 0.717) is 11.5 Å². The largest absolute Gasteiger partial charge is 0.365 e. The molecule has 136 valence electrons. The van der Waals surface area contributed by atoms with E-state index in [9.17, 15) is 9.18 Å². The summed E-state index contributed by atoms with van der Waals surface area (Å²) in [6.45, 7) is 2.62. The van der Waals surface area contributed by atoms with Crippen molar-refractivity contribution in [3.63, 3.8) is 0 Å². The molecule has 0 spiro atoms. The van der Waals surface area contributed by atoms with Crippen LogP contribution in [-0.4, -0.2) is 45.1 Å². The van der Waals surface area contributed by atoms with Crippen LogP contribution in [0.3, 0.4) is 0 Å². The van der Waals surface area contributed by atoms with Gasteiger partial charge in [-0.1, -0.05) is 12.1 Å². The van der Waals surface area contributed by atoms with E-state index < -0.39 is 5.91 Å². The summed E-state index contributed by atoms with van der Waals surface area (Å²) in [5.41, 5.74) is 3.12. The molecule has 1 saturated heterocycles. The summed E-state index contributed by atoms with van der Waals surface area (Å²) in [6.07, 6.45) is 6.78. The molecule has 1 aromatic carbocycles. The number of anilines is 1. The normalized spacial score (nSPS) is 17.5. The molecule has 0 saturated carbocycles. The first-order valence-corrected chi connectivity index (χ1v) is 8.30. The first kappa shape index (κ1) is 18.0. The van der Waals surface area contributed by atoms with Gasteiger partial charge in [-0.05, 0) is 30.2 Å². The van der Waals surface area contributed by atoms with Gasteiger partial charge in [0.2, 0.25) is 0 Å². The fourth-order valence-electron chi connectivity index (χ4n) is 2.85. The number of aromatic nitrogens is 2. The van der Waals surface area contributed by atoms with Crippen molar-refractivity contribution < 1.29 is 14.4 Å². The number of rotatable bonds is 6. The Bertz CT molecular complexity index is 764. The number of nitrogens with one attached hydrogen (secondary N) is 2. The van der Waals surface area contributed by atoms with Gasteiger partial charge in [-0.15, -0.1) is 0 Å². The van der Waals surface area contributed by atoms with E-state index in [1.165, 1.54) is 29.8 Å². The maximum Gasteiger partial charge on any atom is 0.267 e. The number of hydroxylamine groups is 1. The highest BCUT2D eigenvalue weighted by Crippen LogP contribution is 2.17. The van der Waals surface area contributed by atoms with Gasteiger partial charge in [0, 0.05) is 31.8 Å². The summed E-state index contributed by atoms with van der Waals surface area (Å²) in [5, 5.41) is 11.8. The molecule has 0 aliphatic carbocycles. The van der Waals surface area contributed by atoms with Crippen molar-refractivity contribution in [2.24, 2.45) is 0 Å². The lowest BCUT2D eigenvalue weighted by Gasteiger charge is -2.17. The van der Waals surface area contributed by atoms with Crippen molar-refractivity contribution in [1.29, 1.82) is 0 Å². The second kappa shape index (κ2) is 8.50. The maximum atomic E-state index is 13.0. The minimum Gasteiger partial charge on any atom is -0.365 e. The monoisotopic (exact) mass is 357 g/mol. The predicted octanol–water partition coefficient (Wildman–Crippen LogP) is 1.82. The molecule has 1 aliphatic rings. The maximum absolute atomic E-state index is 13.0. The second-order valence-electron chi connectivity index (χ2n) is 6.13. The Morgan fingerprint density at radius 1 is 1.31 bits per heavy atom. The molecule has 7 nitrogen and oxygen atoms in total. The Morgan fingerprint density at radius 2 is 2.12 bits per heavy atom. The summed E-state index contributed by atoms with van der Waals surface area (Å²) in [4.78, 5) is 21.7. The lowest BCUT2D eigenvalue weighted by Crippen LogP contribution is -2.26. The zero-order chi connectivity index (χ0) is 18.4. The summed E-state index contributed by atoms with van der Waals surface area (Å²) in [5.74, 6) is -0.174. The van der Waals surface area contributed by atoms with Crippen LogP contribution in [0.25, 0.3) is 6.08 Å². The smallest absolute Gasteiger partial charge is 0.267 e. The van der Waals surface area contributed by atoms with E-state index in [1.54, 1.807) is 12.4 Å². The molecule has 3 rings (SSSR count). The number of halogens is 1. The molecule has 2 aromatic rings. The number of hydrogen-bond acceptors (Lipinski definition) is 6. The van der Waals surface area contributed by atoms with E-state index >= 15 is 0 Å². The number of amides is 1. The van der Waals surface area contributed by atoms with Crippen LogP contribution in [0.2, 0.25) is 0 Å². The molecule has 2 heterocycles. The summed E-state index contributed by atoms with van der Waals surface area (Å²) < 4.78 is 13.0. The highest BCUT2D eigenvalue weighted by atomic mass is 19.1. The predicted molar refractivity (Wildman–Crippen MR) is 94.7 cm³/mol. The number of benzene rings is 1. The number of hydrogen-bond donors (Lipinski definition) is 3. The van der Waals surface area contributed by atoms with Crippen LogP contribution in [0.4, 0.5) is 10.2 Å². The quantitative estimate of drug-likeness (QED) is 0.415. The van der Waals surface area contributed by atoms with Crippen molar-refractivity contribution in [3.05, 3.63) is 59.8 Å². The molecule has 1 aromatic heterocycles. The number of carbonyl (C=O) groups is 1. The van der Waals surface area contributed by atoms with Crippen molar-refractivity contribution >= 4 is 17.8 Å². The number of carbonyl (C=O) groups excluding carboxylic acids is 1. The fraction of sp³-hybridized carbons (Fsp3) is 0.278. The van der Waals surface area contributed by atoms with Crippen molar-refractivity contribution in [2.45, 2.75) is 19.0 Å². The first-order chi connectivity index (χ1) is 12.6. The van der Waals surface area contributed by atoms with Gasteiger partial charge < -0.3 is 5.32 Å². The third-order valence-electron chi connectivity index (χ3n) is 4.13. The van der Waals surface area contributed by atoms with E-state index in [4.69, 9.17) is 5.21 Å². The molecule has 0 bridgehead atoms. The minimum absolute atomic E-state index is 0.219. The van der Waals surface area contributed by atoms with Gasteiger partial charge in [-0.3, -0.25) is 19.9 Å². The molecule has 1 fully saturated rings. The molecular formula is C18H20FN5O2. The van der Waals surface area contributed by atoms with Crippen molar-refractivity contribution in [1.82, 2.24) is 20.3 Å². The van der Waals surface area contributed by atoms with E-state index in [0.717, 1.165) is 31.6 Å². The topological polar surface area (TPSA) is 90.4 Å². The van der Waals surface area contributed by atoms with E-state index in [2.05, 4.69) is 20.2 Å². The summed E-state index contributed by atoms with van der Waals surface area (Å²) in [7, 11) is 0. The fourth-order valence-corrected chi connectivity index (χ4v) is 2.85. The zero-order valence-electron chi connectivity index (χ0n) is 14.1. The third-order valence-corrected chi connectivity index (χ3v) is 4.13. The SMILES string of the molecule is O=C(C=Cc1cnc(N[C@@H]2CCN(Cc3ccc(F)cc3)C2)cn1)NO. The molecule has 0 unspecified atom stereocenters. The molecule has 1 atom stereocenters. The van der Waals surface area contributed by atoms with Crippen LogP contribution in [0.1, 0.15) is 17.7 Å². The number of likely N-dealkylation sites (tertiary alicyclic amines) is 1. The molecule has 0 radical (unpaired) electrons. The van der Waals surface area contributed by atoms with Crippen LogP contribution in [0.15, 0.2) is 42.7 Å². The van der Waals surface area contributed by atoms with Crippen LogP contribution >= 0.6 is 0 Å². The zero-order valence-corrected chi connectivity index (χ0v) is 14.1. The Balaban J connectivity index is 1.49. The Labute approximate surface area is 150 Å². The number of nitrogens with zero attached hydrogens (tertiary/aromatic N) is 3. The average Bonchev–Trinajstić information content (AvgIpc) is 3.09. The van der Waals surface area contributed by atoms with Crippen LogP contribution in [0, 0.1) is 5.82 Å². The van der Waals surface area contributed by atoms with Gasteiger partial charge in [0.1, 0.15) is 11.6 Å². The van der Waals surface area contributed by atoms with Crippen LogP contribution in [0.5, 0.6) is 0 Å². The first-order valence-electron chi connectivity index (χ1n) is 8.30. The summed E-state index contributed by atoms with van der Waals surface area (Å²) in [6, 6.07) is 6.86. The molecule has 1 aliphatic heterocycles. The van der Waals surface area contributed by atoms with Crippen LogP contribution < -0.4 is 10.8 Å². The van der Waals surface area contributed by atoms with E-state index in [1.807, 2.05) is 12.1 Å². The van der Waals surface area contributed by atoms with Gasteiger partial charge in [0.25, 0.3) is 5.91 Å². The third kappa shape index (κ3) is 5.08. The molecule has 8 heteroatoms. The van der Waals surface area contributed by atoms with Gasteiger partial charge in [0.05, 0.1) is 18.1 Å². The van der Waals surface area contributed by atoms with Gasteiger partial charge in [-0.25, -0.2) is 14.9 Å². The average molecular weight is 357 g/mol. The second-order valence-corrected chi connectivity index (χ2v) is 6.13. The minimum atomic E-state index is -0.624. The Morgan fingerprint density at radius 3 is 2.81 bits per heavy atom. The van der Waals surface area contributed by atoms with Crippen molar-refractivity contribution in [2.75, 3.05) is 18.4 Å². The Hall–Kier alpha value is -2.84. The standard InChI is InChI=1S/C18H20FN5O2/c19-14-3-1-13(2-4-14)11-24-8-7-16(12-24)22-17-10-20-15(9-21-17)5-6-18(25)23-26/h1-6,9-10,16,26H,7-8,11-12H2,(H,21,22)(H,23,25)/t16-/m1/s1. The highest BCUT2D eigenvalue weighted by Gasteiger charge is 2.22. The lowest BCUT2D eigenvalue weighted by atomic mass is 10.2. The summed E-state index contributed by atoms with van der Waals surface area (Å²) >= 11 is 0. The van der Waals surface area contributed by atoms with Gasteiger partial charge in [0.15, 0.2) is 0 Å². The van der Waals surface area contributed by atoms with Gasteiger partial charge >= 0.3 is 0 Å². The van der Waals surface area contributed by atoms with Crippen molar-refractivity contribution in [3.8, 4) is 0 Å². The molecular weight excluding hydrogens is 337 g/mol. The Kier molecular flexibility index (Phi) is 5.88. The molecule has 3 N–H and O–H groups in total. The molecule has 26 heavy (non-hydrogen) atoms. The molecule has 1 amide bonds. The highest BCUT2D eigenvalue weighted by molar-refractivity contribution is 5.90.